The van der Waals surface area contributed by atoms with E-state index in [4.69, 9.17) is 0 Å². The molecule has 4 heteroatoms. The van der Waals surface area contributed by atoms with Gasteiger partial charge in [-0.25, -0.2) is 0 Å². The van der Waals surface area contributed by atoms with Crippen LogP contribution in [0.25, 0.3) is 0 Å². The number of halogens is 1. The summed E-state index contributed by atoms with van der Waals surface area (Å²) < 4.78 is 2.75. The van der Waals surface area contributed by atoms with Gasteiger partial charge in [-0.1, -0.05) is 51.1 Å². The Morgan fingerprint density at radius 1 is 1.30 bits per heavy atom. The average Bonchev–Trinajstić information content (AvgIpc) is 2.80. The molecule has 20 heavy (non-hydrogen) atoms. The van der Waals surface area contributed by atoms with Crippen molar-refractivity contribution in [3.05, 3.63) is 52.3 Å². The predicted molar refractivity (Wildman–Crippen MR) is 84.6 cm³/mol. The van der Waals surface area contributed by atoms with E-state index in [2.05, 4.69) is 53.9 Å². The quantitative estimate of drug-likeness (QED) is 0.893. The molecule has 0 saturated carbocycles. The van der Waals surface area contributed by atoms with E-state index in [0.29, 0.717) is 0 Å². The van der Waals surface area contributed by atoms with Gasteiger partial charge >= 0.3 is 0 Å². The molecule has 2 rings (SSSR count). The maximum atomic E-state index is 10.9. The molecule has 0 spiro atoms. The van der Waals surface area contributed by atoms with Crippen LogP contribution in [0.3, 0.4) is 0 Å². The molecule has 0 aliphatic rings. The Kier molecular flexibility index (Phi) is 4.66. The minimum atomic E-state index is -0.617. The maximum absolute atomic E-state index is 10.9. The fourth-order valence-corrected chi connectivity index (χ4v) is 2.91. The lowest BCUT2D eigenvalue weighted by Crippen LogP contribution is -2.29. The van der Waals surface area contributed by atoms with Crippen molar-refractivity contribution >= 4 is 15.9 Å². The van der Waals surface area contributed by atoms with Crippen LogP contribution in [0.2, 0.25) is 0 Å². The van der Waals surface area contributed by atoms with Crippen LogP contribution >= 0.6 is 15.9 Å². The zero-order valence-electron chi connectivity index (χ0n) is 12.2. The monoisotopic (exact) mass is 336 g/mol. The van der Waals surface area contributed by atoms with E-state index in [-0.39, 0.29) is 5.41 Å². The molecule has 0 aliphatic heterocycles. The number of hydrogen-bond acceptors (Lipinski definition) is 2. The highest BCUT2D eigenvalue weighted by molar-refractivity contribution is 9.10. The Bertz CT molecular complexity index is 563. The van der Waals surface area contributed by atoms with Gasteiger partial charge in [-0.3, -0.25) is 4.68 Å². The Morgan fingerprint density at radius 3 is 2.55 bits per heavy atom. The lowest BCUT2D eigenvalue weighted by molar-refractivity contribution is 0.0903. The lowest BCUT2D eigenvalue weighted by Gasteiger charge is -2.32. The molecule has 1 heterocycles. The van der Waals surface area contributed by atoms with E-state index in [0.717, 1.165) is 28.7 Å². The number of aliphatic hydroxyl groups excluding tert-OH is 1. The van der Waals surface area contributed by atoms with E-state index >= 15 is 0 Å². The Labute approximate surface area is 128 Å². The summed E-state index contributed by atoms with van der Waals surface area (Å²) in [6.07, 6.45) is 2.13. The molecule has 0 saturated heterocycles. The summed E-state index contributed by atoms with van der Waals surface area (Å²) >= 11 is 3.51. The predicted octanol–water partition coefficient (Wildman–Crippen LogP) is 4.07. The molecule has 3 nitrogen and oxygen atoms in total. The first-order valence-corrected chi connectivity index (χ1v) is 7.72. The second-order valence-electron chi connectivity index (χ2n) is 5.59. The van der Waals surface area contributed by atoms with Crippen molar-refractivity contribution in [1.82, 2.24) is 9.78 Å². The van der Waals surface area contributed by atoms with Crippen molar-refractivity contribution in [2.75, 3.05) is 0 Å². The Balaban J connectivity index is 2.40. The van der Waals surface area contributed by atoms with E-state index in [1.54, 1.807) is 6.20 Å². The van der Waals surface area contributed by atoms with Crippen molar-refractivity contribution in [3.63, 3.8) is 0 Å². The minimum Gasteiger partial charge on any atom is -0.386 e. The molecule has 0 amide bonds. The second kappa shape index (κ2) is 6.10. The van der Waals surface area contributed by atoms with Crippen LogP contribution < -0.4 is 0 Å². The standard InChI is InChI=1S/C16H21BrN2O/c1-4-10-19-14(13(17)11-18-19)15(20)16(2,3)12-8-6-5-7-9-12/h5-9,11,15,20H,4,10H2,1-3H3. The number of rotatable bonds is 5. The number of aliphatic hydroxyl groups is 1. The Morgan fingerprint density at radius 2 is 1.95 bits per heavy atom. The molecule has 1 aromatic heterocycles. The molecule has 2 aromatic rings. The maximum Gasteiger partial charge on any atom is 0.106 e. The van der Waals surface area contributed by atoms with E-state index < -0.39 is 6.10 Å². The van der Waals surface area contributed by atoms with E-state index in [1.807, 2.05) is 22.9 Å². The van der Waals surface area contributed by atoms with Crippen LogP contribution in [0.15, 0.2) is 41.0 Å². The first-order valence-electron chi connectivity index (χ1n) is 6.93. The third-order valence-corrected chi connectivity index (χ3v) is 4.34. The second-order valence-corrected chi connectivity index (χ2v) is 6.45. The van der Waals surface area contributed by atoms with Gasteiger partial charge in [0, 0.05) is 12.0 Å². The molecule has 0 radical (unpaired) electrons. The lowest BCUT2D eigenvalue weighted by atomic mass is 9.78. The summed E-state index contributed by atoms with van der Waals surface area (Å²) in [7, 11) is 0. The number of hydrogen-bond donors (Lipinski definition) is 1. The SMILES string of the molecule is CCCn1ncc(Br)c1C(O)C(C)(C)c1ccccc1. The Hall–Kier alpha value is -1.13. The zero-order chi connectivity index (χ0) is 14.8. The van der Waals surface area contributed by atoms with Crippen LogP contribution in [0, 0.1) is 0 Å². The summed E-state index contributed by atoms with van der Waals surface area (Å²) in [5, 5.41) is 15.2. The molecular weight excluding hydrogens is 316 g/mol. The summed E-state index contributed by atoms with van der Waals surface area (Å²) in [6.45, 7) is 7.03. The van der Waals surface area contributed by atoms with Crippen LogP contribution in [-0.2, 0) is 12.0 Å². The van der Waals surface area contributed by atoms with E-state index in [9.17, 15) is 5.11 Å². The van der Waals surface area contributed by atoms with Crippen molar-refractivity contribution in [2.24, 2.45) is 0 Å². The van der Waals surface area contributed by atoms with Gasteiger partial charge in [0.25, 0.3) is 0 Å². The molecule has 108 valence electrons. The summed E-state index contributed by atoms with van der Waals surface area (Å²) in [5.74, 6) is 0. The van der Waals surface area contributed by atoms with Gasteiger partial charge in [-0.15, -0.1) is 0 Å². The molecule has 0 aliphatic carbocycles. The highest BCUT2D eigenvalue weighted by Crippen LogP contribution is 2.39. The number of aryl methyl sites for hydroxylation is 1. The largest absolute Gasteiger partial charge is 0.386 e. The molecule has 1 atom stereocenters. The van der Waals surface area contributed by atoms with Gasteiger partial charge in [0.2, 0.25) is 0 Å². The van der Waals surface area contributed by atoms with Gasteiger partial charge in [-0.2, -0.15) is 5.10 Å². The molecule has 1 unspecified atom stereocenters. The highest BCUT2D eigenvalue weighted by Gasteiger charge is 2.34. The van der Waals surface area contributed by atoms with Crippen LogP contribution in [0.5, 0.6) is 0 Å². The van der Waals surface area contributed by atoms with Crippen molar-refractivity contribution < 1.29 is 5.11 Å². The number of nitrogens with zero attached hydrogens (tertiary/aromatic N) is 2. The number of benzene rings is 1. The fraction of sp³-hybridized carbons (Fsp3) is 0.438. The topological polar surface area (TPSA) is 38.0 Å². The molecule has 0 bridgehead atoms. The fourth-order valence-electron chi connectivity index (χ4n) is 2.40. The van der Waals surface area contributed by atoms with Crippen LogP contribution in [-0.4, -0.2) is 14.9 Å². The smallest absolute Gasteiger partial charge is 0.106 e. The highest BCUT2D eigenvalue weighted by atomic mass is 79.9. The third-order valence-electron chi connectivity index (χ3n) is 3.73. The zero-order valence-corrected chi connectivity index (χ0v) is 13.8. The van der Waals surface area contributed by atoms with Gasteiger partial charge in [0.15, 0.2) is 0 Å². The molecule has 1 N–H and O–H groups in total. The van der Waals surface area contributed by atoms with Gasteiger partial charge in [-0.05, 0) is 27.9 Å². The summed E-state index contributed by atoms with van der Waals surface area (Å²) in [6, 6.07) is 10.1. The van der Waals surface area contributed by atoms with Gasteiger partial charge < -0.3 is 5.11 Å². The van der Waals surface area contributed by atoms with Crippen LogP contribution in [0.1, 0.15) is 44.6 Å². The van der Waals surface area contributed by atoms with Gasteiger partial charge in [0.1, 0.15) is 6.10 Å². The first-order chi connectivity index (χ1) is 9.48. The molecule has 0 fully saturated rings. The van der Waals surface area contributed by atoms with Crippen molar-refractivity contribution in [1.29, 1.82) is 0 Å². The number of aromatic nitrogens is 2. The molecule has 1 aromatic carbocycles. The molecular formula is C16H21BrN2O. The normalized spacial score (nSPS) is 13.4. The summed E-state index contributed by atoms with van der Waals surface area (Å²) in [5.41, 5.74) is 1.58. The summed E-state index contributed by atoms with van der Waals surface area (Å²) in [4.78, 5) is 0. The minimum absolute atomic E-state index is 0.380. The third kappa shape index (κ3) is 2.81. The van der Waals surface area contributed by atoms with Crippen molar-refractivity contribution in [2.45, 2.75) is 45.3 Å². The van der Waals surface area contributed by atoms with Crippen LogP contribution in [0.4, 0.5) is 0 Å². The van der Waals surface area contributed by atoms with Crippen molar-refractivity contribution in [3.8, 4) is 0 Å². The first kappa shape index (κ1) is 15.3. The average molecular weight is 337 g/mol. The van der Waals surface area contributed by atoms with E-state index in [1.165, 1.54) is 0 Å². The van der Waals surface area contributed by atoms with Gasteiger partial charge in [0.05, 0.1) is 16.4 Å².